The molecule has 0 aliphatic heterocycles. The number of hydrogen-bond donors (Lipinski definition) is 3. The van der Waals surface area contributed by atoms with Crippen LogP contribution in [0.3, 0.4) is 0 Å². The zero-order chi connectivity index (χ0) is 13.5. The van der Waals surface area contributed by atoms with Gasteiger partial charge in [-0.1, -0.05) is 12.1 Å². The lowest BCUT2D eigenvalue weighted by Crippen LogP contribution is -2.40. The van der Waals surface area contributed by atoms with Crippen molar-refractivity contribution in [2.24, 2.45) is 0 Å². The van der Waals surface area contributed by atoms with Crippen molar-refractivity contribution < 1.29 is 14.7 Å². The summed E-state index contributed by atoms with van der Waals surface area (Å²) in [6.45, 7) is 3.88. The third kappa shape index (κ3) is 4.13. The minimum absolute atomic E-state index is 0.124. The molecule has 0 aliphatic rings. The van der Waals surface area contributed by atoms with Gasteiger partial charge in [-0.15, -0.1) is 5.10 Å². The van der Waals surface area contributed by atoms with Crippen molar-refractivity contribution in [3.63, 3.8) is 0 Å². The second kappa shape index (κ2) is 6.70. The van der Waals surface area contributed by atoms with Gasteiger partial charge in [-0.3, -0.25) is 10.1 Å². The average molecular weight is 255 g/mol. The Kier molecular flexibility index (Phi) is 5.25. The van der Waals surface area contributed by atoms with E-state index in [0.29, 0.717) is 18.7 Å². The Labute approximate surface area is 104 Å². The van der Waals surface area contributed by atoms with E-state index in [1.54, 1.807) is 6.92 Å². The summed E-state index contributed by atoms with van der Waals surface area (Å²) in [6, 6.07) is -0.545. The highest BCUT2D eigenvalue weighted by molar-refractivity contribution is 5.94. The summed E-state index contributed by atoms with van der Waals surface area (Å²) >= 11 is 0. The molecule has 0 saturated heterocycles. The number of imide groups is 1. The normalized spacial score (nSPS) is 11.9. The summed E-state index contributed by atoms with van der Waals surface area (Å²) in [4.78, 5) is 22.5. The number of rotatable bonds is 5. The minimum atomic E-state index is -0.690. The number of hydrogen-bond acceptors (Lipinski definition) is 5. The van der Waals surface area contributed by atoms with Crippen molar-refractivity contribution in [2.45, 2.75) is 32.9 Å². The molecule has 1 heterocycles. The van der Waals surface area contributed by atoms with E-state index in [1.165, 1.54) is 10.9 Å². The van der Waals surface area contributed by atoms with Gasteiger partial charge in [0, 0.05) is 6.54 Å². The van der Waals surface area contributed by atoms with E-state index in [4.69, 9.17) is 0 Å². The van der Waals surface area contributed by atoms with Crippen LogP contribution in [0.15, 0.2) is 6.20 Å². The van der Waals surface area contributed by atoms with E-state index < -0.39 is 18.0 Å². The predicted molar refractivity (Wildman–Crippen MR) is 62.5 cm³/mol. The lowest BCUT2D eigenvalue weighted by Gasteiger charge is -2.04. The summed E-state index contributed by atoms with van der Waals surface area (Å²) in [6.07, 6.45) is 1.31. The molecule has 1 rings (SSSR count). The fraction of sp³-hybridized carbons (Fsp3) is 0.600. The molecular weight excluding hydrogens is 238 g/mol. The Hall–Kier alpha value is -1.96. The first-order valence-corrected chi connectivity index (χ1v) is 5.72. The molecular formula is C10H17N5O3. The van der Waals surface area contributed by atoms with Crippen molar-refractivity contribution >= 4 is 11.9 Å². The zero-order valence-electron chi connectivity index (χ0n) is 10.4. The number of aromatic nitrogens is 3. The lowest BCUT2D eigenvalue weighted by molar-refractivity contribution is -0.120. The molecule has 0 fully saturated rings. The molecule has 0 radical (unpaired) electrons. The van der Waals surface area contributed by atoms with Gasteiger partial charge >= 0.3 is 6.03 Å². The molecule has 1 aromatic heterocycles. The summed E-state index contributed by atoms with van der Waals surface area (Å²) in [7, 11) is 0. The van der Waals surface area contributed by atoms with E-state index in [-0.39, 0.29) is 6.54 Å². The van der Waals surface area contributed by atoms with Gasteiger partial charge in [-0.05, 0) is 13.3 Å². The topological polar surface area (TPSA) is 109 Å². The molecule has 0 saturated carbocycles. The van der Waals surface area contributed by atoms with Gasteiger partial charge in [-0.25, -0.2) is 9.48 Å². The van der Waals surface area contributed by atoms with Gasteiger partial charge in [0.25, 0.3) is 0 Å². The number of amides is 3. The number of carbonyl (C=O) groups is 2. The van der Waals surface area contributed by atoms with Gasteiger partial charge in [0.2, 0.25) is 5.91 Å². The van der Waals surface area contributed by atoms with Crippen molar-refractivity contribution in [3.8, 4) is 0 Å². The molecule has 18 heavy (non-hydrogen) atoms. The number of nitrogens with zero attached hydrogens (tertiary/aromatic N) is 3. The molecule has 8 nitrogen and oxygen atoms in total. The Morgan fingerprint density at radius 1 is 1.50 bits per heavy atom. The minimum Gasteiger partial charge on any atom is -0.387 e. The smallest absolute Gasteiger partial charge is 0.321 e. The van der Waals surface area contributed by atoms with E-state index in [2.05, 4.69) is 20.9 Å². The molecule has 3 amide bonds. The maximum Gasteiger partial charge on any atom is 0.321 e. The Bertz CT molecular complexity index is 417. The third-order valence-corrected chi connectivity index (χ3v) is 2.18. The number of aliphatic hydroxyl groups excluding tert-OH is 1. The second-order valence-electron chi connectivity index (χ2n) is 3.67. The zero-order valence-corrected chi connectivity index (χ0v) is 10.4. The van der Waals surface area contributed by atoms with Gasteiger partial charge in [-0.2, -0.15) is 0 Å². The molecule has 8 heteroatoms. The number of urea groups is 1. The molecule has 0 aromatic carbocycles. The van der Waals surface area contributed by atoms with Crippen LogP contribution in [-0.2, 0) is 11.3 Å². The standard InChI is InChI=1S/C10H17N5O3/c1-3-8(16)7-5-15(14-13-7)6-9(17)12-10(18)11-4-2/h5,8,16H,3-4,6H2,1-2H3,(H2,11,12,17,18). The first-order chi connectivity index (χ1) is 8.56. The fourth-order valence-electron chi connectivity index (χ4n) is 1.27. The van der Waals surface area contributed by atoms with Gasteiger partial charge in [0.15, 0.2) is 0 Å². The molecule has 1 aromatic rings. The van der Waals surface area contributed by atoms with Crippen molar-refractivity contribution in [1.82, 2.24) is 25.6 Å². The van der Waals surface area contributed by atoms with Crippen molar-refractivity contribution in [2.75, 3.05) is 6.54 Å². The van der Waals surface area contributed by atoms with Crippen LogP contribution >= 0.6 is 0 Å². The van der Waals surface area contributed by atoms with Crippen LogP contribution in [0.1, 0.15) is 32.1 Å². The maximum absolute atomic E-state index is 11.4. The summed E-state index contributed by atoms with van der Waals surface area (Å²) < 4.78 is 1.27. The lowest BCUT2D eigenvalue weighted by atomic mass is 10.2. The monoisotopic (exact) mass is 255 g/mol. The van der Waals surface area contributed by atoms with Crippen LogP contribution in [0.25, 0.3) is 0 Å². The van der Waals surface area contributed by atoms with Crippen molar-refractivity contribution in [1.29, 1.82) is 0 Å². The Morgan fingerprint density at radius 3 is 2.83 bits per heavy atom. The number of aliphatic hydroxyl groups is 1. The molecule has 0 bridgehead atoms. The SMILES string of the molecule is CCNC(=O)NC(=O)Cn1cc(C(O)CC)nn1. The van der Waals surface area contributed by atoms with E-state index in [0.717, 1.165) is 0 Å². The summed E-state index contributed by atoms with van der Waals surface area (Å²) in [5.74, 6) is -0.497. The van der Waals surface area contributed by atoms with Crippen LogP contribution in [0.2, 0.25) is 0 Å². The highest BCUT2D eigenvalue weighted by atomic mass is 16.3. The molecule has 0 aliphatic carbocycles. The molecule has 1 atom stereocenters. The van der Waals surface area contributed by atoms with Crippen LogP contribution in [-0.4, -0.2) is 38.6 Å². The average Bonchev–Trinajstić information content (AvgIpc) is 2.76. The molecule has 3 N–H and O–H groups in total. The highest BCUT2D eigenvalue weighted by Gasteiger charge is 2.12. The first kappa shape index (κ1) is 14.1. The number of nitrogens with one attached hydrogen (secondary N) is 2. The summed E-state index contributed by atoms with van der Waals surface area (Å²) in [5, 5.41) is 21.5. The van der Waals surface area contributed by atoms with E-state index >= 15 is 0 Å². The van der Waals surface area contributed by atoms with E-state index in [1.807, 2.05) is 6.92 Å². The molecule has 100 valence electrons. The fourth-order valence-corrected chi connectivity index (χ4v) is 1.27. The summed E-state index contributed by atoms with van der Waals surface area (Å²) in [5.41, 5.74) is 0.406. The highest BCUT2D eigenvalue weighted by Crippen LogP contribution is 2.11. The van der Waals surface area contributed by atoms with E-state index in [9.17, 15) is 14.7 Å². The third-order valence-electron chi connectivity index (χ3n) is 2.18. The van der Waals surface area contributed by atoms with Gasteiger partial charge in [0.05, 0.1) is 12.3 Å². The van der Waals surface area contributed by atoms with Crippen LogP contribution < -0.4 is 10.6 Å². The van der Waals surface area contributed by atoms with Crippen LogP contribution in [0.4, 0.5) is 4.79 Å². The van der Waals surface area contributed by atoms with Crippen LogP contribution in [0.5, 0.6) is 0 Å². The second-order valence-corrected chi connectivity index (χ2v) is 3.67. The molecule has 1 unspecified atom stereocenters. The largest absolute Gasteiger partial charge is 0.387 e. The van der Waals surface area contributed by atoms with Crippen LogP contribution in [0, 0.1) is 0 Å². The first-order valence-electron chi connectivity index (χ1n) is 5.72. The van der Waals surface area contributed by atoms with Gasteiger partial charge < -0.3 is 10.4 Å². The Balaban J connectivity index is 2.49. The predicted octanol–water partition coefficient (Wildman–Crippen LogP) is -0.433. The van der Waals surface area contributed by atoms with Crippen molar-refractivity contribution in [3.05, 3.63) is 11.9 Å². The number of carbonyl (C=O) groups excluding carboxylic acids is 2. The van der Waals surface area contributed by atoms with Gasteiger partial charge in [0.1, 0.15) is 12.2 Å². The quantitative estimate of drug-likeness (QED) is 0.661. The maximum atomic E-state index is 11.4. The molecule has 0 spiro atoms. The Morgan fingerprint density at radius 2 is 2.22 bits per heavy atom.